The van der Waals surface area contributed by atoms with E-state index in [1.54, 1.807) is 12.1 Å². The van der Waals surface area contributed by atoms with Crippen LogP contribution in [0.4, 0.5) is 11.4 Å². The van der Waals surface area contributed by atoms with Crippen molar-refractivity contribution < 1.29 is 9.90 Å². The summed E-state index contributed by atoms with van der Waals surface area (Å²) >= 11 is 12.5. The molecule has 0 radical (unpaired) electrons. The summed E-state index contributed by atoms with van der Waals surface area (Å²) in [4.78, 5) is 19.0. The number of carbonyl (C=O) groups excluding carboxylic acids is 1. The summed E-state index contributed by atoms with van der Waals surface area (Å²) in [5, 5.41) is 11.0. The minimum atomic E-state index is 0.153. The van der Waals surface area contributed by atoms with Crippen molar-refractivity contribution in [3.05, 3.63) is 52.0 Å². The third-order valence-corrected chi connectivity index (χ3v) is 6.83. The standard InChI is InChI=1S/C23H27Cl2N3O2/c24-19-4-3-5-20(23(19)25)27-14-12-26(13-15-27)10-1-2-11-28-21-16-18(29)8-6-17(21)7-9-22(28)30/h3-6,8,16,29H,1-2,7,9-15H2. The average Bonchev–Trinajstić information content (AvgIpc) is 2.75. The molecule has 2 aliphatic rings. The Labute approximate surface area is 187 Å². The molecule has 1 amide bonds. The lowest BCUT2D eigenvalue weighted by molar-refractivity contribution is -0.118. The number of amides is 1. The quantitative estimate of drug-likeness (QED) is 0.658. The number of hydrogen-bond donors (Lipinski definition) is 1. The van der Waals surface area contributed by atoms with Crippen molar-refractivity contribution in [3.8, 4) is 5.75 Å². The molecule has 0 atom stereocenters. The van der Waals surface area contributed by atoms with E-state index in [9.17, 15) is 9.90 Å². The van der Waals surface area contributed by atoms with Gasteiger partial charge in [0.1, 0.15) is 5.75 Å². The maximum atomic E-state index is 12.4. The van der Waals surface area contributed by atoms with E-state index in [0.717, 1.165) is 68.9 Å². The summed E-state index contributed by atoms with van der Waals surface area (Å²) in [6.45, 7) is 5.55. The Morgan fingerprint density at radius 2 is 1.67 bits per heavy atom. The highest BCUT2D eigenvalue weighted by Gasteiger charge is 2.24. The molecule has 30 heavy (non-hydrogen) atoms. The van der Waals surface area contributed by atoms with Gasteiger partial charge in [-0.2, -0.15) is 0 Å². The van der Waals surface area contributed by atoms with Crippen molar-refractivity contribution in [2.45, 2.75) is 25.7 Å². The van der Waals surface area contributed by atoms with E-state index in [4.69, 9.17) is 23.2 Å². The van der Waals surface area contributed by atoms with Crippen LogP contribution in [-0.4, -0.2) is 55.2 Å². The summed E-state index contributed by atoms with van der Waals surface area (Å²) in [5.74, 6) is 0.367. The van der Waals surface area contributed by atoms with Crippen LogP contribution in [-0.2, 0) is 11.2 Å². The van der Waals surface area contributed by atoms with Crippen molar-refractivity contribution in [1.29, 1.82) is 0 Å². The molecule has 2 heterocycles. The number of nitrogens with zero attached hydrogens (tertiary/aromatic N) is 3. The van der Waals surface area contributed by atoms with Crippen molar-refractivity contribution >= 4 is 40.5 Å². The summed E-state index contributed by atoms with van der Waals surface area (Å²) in [6.07, 6.45) is 3.29. The van der Waals surface area contributed by atoms with Gasteiger partial charge in [0.15, 0.2) is 0 Å². The molecular formula is C23H27Cl2N3O2. The zero-order valence-electron chi connectivity index (χ0n) is 17.0. The number of phenolic OH excluding ortho intramolecular Hbond substituents is 1. The highest BCUT2D eigenvalue weighted by Crippen LogP contribution is 2.33. The third-order valence-electron chi connectivity index (χ3n) is 6.02. The Morgan fingerprint density at radius 3 is 2.47 bits per heavy atom. The molecule has 0 spiro atoms. The Balaban J connectivity index is 1.24. The predicted octanol–water partition coefficient (Wildman–Crippen LogP) is 4.58. The maximum absolute atomic E-state index is 12.4. The molecule has 0 unspecified atom stereocenters. The smallest absolute Gasteiger partial charge is 0.227 e. The number of aromatic hydroxyl groups is 1. The SMILES string of the molecule is O=C1CCc2ccc(O)cc2N1CCCCN1CCN(c2cccc(Cl)c2Cl)CC1. The lowest BCUT2D eigenvalue weighted by Crippen LogP contribution is -2.46. The number of halogens is 2. The minimum Gasteiger partial charge on any atom is -0.508 e. The zero-order chi connectivity index (χ0) is 21.1. The number of piperazine rings is 1. The molecule has 1 fully saturated rings. The normalized spacial score (nSPS) is 17.3. The first-order chi connectivity index (χ1) is 14.5. The fourth-order valence-electron chi connectivity index (χ4n) is 4.33. The van der Waals surface area contributed by atoms with Crippen molar-refractivity contribution in [2.24, 2.45) is 0 Å². The van der Waals surface area contributed by atoms with Crippen LogP contribution in [0.5, 0.6) is 5.75 Å². The second kappa shape index (κ2) is 9.46. The number of anilines is 2. The van der Waals surface area contributed by atoms with Crippen molar-refractivity contribution in [1.82, 2.24) is 4.90 Å². The van der Waals surface area contributed by atoms with E-state index in [0.29, 0.717) is 23.0 Å². The average molecular weight is 448 g/mol. The minimum absolute atomic E-state index is 0.153. The molecule has 4 rings (SSSR count). The van der Waals surface area contributed by atoms with E-state index in [-0.39, 0.29) is 11.7 Å². The number of aryl methyl sites for hydroxylation is 1. The van der Waals surface area contributed by atoms with Crippen LogP contribution in [0.1, 0.15) is 24.8 Å². The second-order valence-corrected chi connectivity index (χ2v) is 8.75. The predicted molar refractivity (Wildman–Crippen MR) is 123 cm³/mol. The second-order valence-electron chi connectivity index (χ2n) is 7.97. The molecule has 2 aromatic carbocycles. The highest BCUT2D eigenvalue weighted by molar-refractivity contribution is 6.43. The Bertz CT molecular complexity index is 913. The topological polar surface area (TPSA) is 47.0 Å². The van der Waals surface area contributed by atoms with E-state index < -0.39 is 0 Å². The van der Waals surface area contributed by atoms with Crippen LogP contribution < -0.4 is 9.80 Å². The van der Waals surface area contributed by atoms with Gasteiger partial charge in [0.2, 0.25) is 5.91 Å². The first-order valence-electron chi connectivity index (χ1n) is 10.6. The van der Waals surface area contributed by atoms with E-state index in [1.807, 2.05) is 29.2 Å². The molecule has 0 saturated carbocycles. The molecule has 5 nitrogen and oxygen atoms in total. The third kappa shape index (κ3) is 4.69. The number of phenols is 1. The van der Waals surface area contributed by atoms with Gasteiger partial charge in [-0.15, -0.1) is 0 Å². The fraction of sp³-hybridized carbons (Fsp3) is 0.435. The Kier molecular flexibility index (Phi) is 6.71. The van der Waals surface area contributed by atoms with Gasteiger partial charge in [0.05, 0.1) is 21.4 Å². The fourth-order valence-corrected chi connectivity index (χ4v) is 4.74. The van der Waals surface area contributed by atoms with Gasteiger partial charge in [-0.05, 0) is 49.6 Å². The molecule has 1 saturated heterocycles. The molecule has 2 aliphatic heterocycles. The molecule has 0 bridgehead atoms. The first-order valence-corrected chi connectivity index (χ1v) is 11.3. The molecule has 160 valence electrons. The number of rotatable bonds is 6. The van der Waals surface area contributed by atoms with Crippen LogP contribution in [0.3, 0.4) is 0 Å². The Hall–Kier alpha value is -1.95. The summed E-state index contributed by atoms with van der Waals surface area (Å²) < 4.78 is 0. The van der Waals surface area contributed by atoms with Crippen molar-refractivity contribution in [2.75, 3.05) is 49.1 Å². The van der Waals surface area contributed by atoms with Gasteiger partial charge >= 0.3 is 0 Å². The summed E-state index contributed by atoms with van der Waals surface area (Å²) in [5.41, 5.74) is 3.02. The highest BCUT2D eigenvalue weighted by atomic mass is 35.5. The number of fused-ring (bicyclic) bond motifs is 1. The monoisotopic (exact) mass is 447 g/mol. The Morgan fingerprint density at radius 1 is 0.900 bits per heavy atom. The molecule has 1 N–H and O–H groups in total. The van der Waals surface area contributed by atoms with E-state index in [1.165, 1.54) is 0 Å². The first kappa shape index (κ1) is 21.3. The molecule has 7 heteroatoms. The van der Waals surface area contributed by atoms with Gasteiger partial charge in [-0.3, -0.25) is 9.69 Å². The lowest BCUT2D eigenvalue weighted by Gasteiger charge is -2.36. The van der Waals surface area contributed by atoms with Crippen LogP contribution in [0, 0.1) is 0 Å². The molecular weight excluding hydrogens is 421 g/mol. The summed E-state index contributed by atoms with van der Waals surface area (Å²) in [6, 6.07) is 11.1. The lowest BCUT2D eigenvalue weighted by atomic mass is 10.0. The molecule has 0 aliphatic carbocycles. The van der Waals surface area contributed by atoms with Crippen LogP contribution in [0.25, 0.3) is 0 Å². The van der Waals surface area contributed by atoms with Gasteiger partial charge in [-0.1, -0.05) is 35.3 Å². The van der Waals surface area contributed by atoms with E-state index in [2.05, 4.69) is 9.80 Å². The van der Waals surface area contributed by atoms with Crippen LogP contribution in [0.2, 0.25) is 10.0 Å². The van der Waals surface area contributed by atoms with Gasteiger partial charge in [0.25, 0.3) is 0 Å². The van der Waals surface area contributed by atoms with Gasteiger partial charge in [-0.25, -0.2) is 0 Å². The summed E-state index contributed by atoms with van der Waals surface area (Å²) in [7, 11) is 0. The number of carbonyl (C=O) groups is 1. The number of benzene rings is 2. The largest absolute Gasteiger partial charge is 0.508 e. The van der Waals surface area contributed by atoms with Gasteiger partial charge < -0.3 is 14.9 Å². The zero-order valence-corrected chi connectivity index (χ0v) is 18.5. The number of unbranched alkanes of at least 4 members (excludes halogenated alkanes) is 1. The van der Waals surface area contributed by atoms with Gasteiger partial charge in [0, 0.05) is 45.2 Å². The molecule has 2 aromatic rings. The van der Waals surface area contributed by atoms with E-state index >= 15 is 0 Å². The maximum Gasteiger partial charge on any atom is 0.227 e. The number of hydrogen-bond acceptors (Lipinski definition) is 4. The van der Waals surface area contributed by atoms with Crippen molar-refractivity contribution in [3.63, 3.8) is 0 Å². The van der Waals surface area contributed by atoms with Crippen LogP contribution >= 0.6 is 23.2 Å². The van der Waals surface area contributed by atoms with Crippen LogP contribution in [0.15, 0.2) is 36.4 Å². The molecule has 0 aromatic heterocycles.